The van der Waals surface area contributed by atoms with Crippen LogP contribution in [0.3, 0.4) is 0 Å². The van der Waals surface area contributed by atoms with Crippen molar-refractivity contribution in [3.05, 3.63) is 58.9 Å². The number of aryl methyl sites for hydroxylation is 1. The lowest BCUT2D eigenvalue weighted by atomic mass is 10.0. The molecule has 2 aromatic carbocycles. The Hall–Kier alpha value is -3.88. The van der Waals surface area contributed by atoms with Crippen LogP contribution in [0.2, 0.25) is 0 Å². The number of methoxy groups -OCH3 is 1. The number of imidazole rings is 1. The van der Waals surface area contributed by atoms with E-state index in [1.807, 2.05) is 38.1 Å². The average Bonchev–Trinajstić information content (AvgIpc) is 3.45. The van der Waals surface area contributed by atoms with Crippen LogP contribution in [-0.4, -0.2) is 40.9 Å². The molecule has 0 fully saturated rings. The number of benzene rings is 2. The lowest BCUT2D eigenvalue weighted by molar-refractivity contribution is 0.0912. The van der Waals surface area contributed by atoms with Crippen molar-refractivity contribution in [2.45, 2.75) is 52.2 Å². The number of fused-ring (bicyclic) bond motifs is 2. The van der Waals surface area contributed by atoms with E-state index in [0.717, 1.165) is 34.6 Å². The Labute approximate surface area is 204 Å². The van der Waals surface area contributed by atoms with Crippen LogP contribution in [0.1, 0.15) is 71.3 Å². The number of aromatic nitrogens is 2. The van der Waals surface area contributed by atoms with E-state index in [1.54, 1.807) is 19.2 Å². The van der Waals surface area contributed by atoms with Crippen LogP contribution < -0.4 is 21.1 Å². The van der Waals surface area contributed by atoms with Gasteiger partial charge in [0.25, 0.3) is 11.8 Å². The standard InChI is InChI=1S/C26H32N6O3/c1-4-22(27)28-13-7-10-19(24-30-20-14-17(35-3)11-12-21(20)32(24)5-2)31-25(33)18-9-6-8-16-15-29-26(34)23(16)18/h6,8-9,11-12,14,19H,4-5,7,10,13,15H2,1-3H3,(H2,27,28)(H,29,34)(H,31,33)/t19-/m0/s1. The summed E-state index contributed by atoms with van der Waals surface area (Å²) in [5.74, 6) is 1.57. The zero-order chi connectivity index (χ0) is 24.9. The Kier molecular flexibility index (Phi) is 7.33. The SMILES string of the molecule is CCC(N)=NCCC[C@H](NC(=O)c1cccc2c1C(=O)NC2)c1nc2cc(OC)ccc2n1CC. The molecule has 9 nitrogen and oxygen atoms in total. The molecule has 2 amide bonds. The maximum Gasteiger partial charge on any atom is 0.252 e. The summed E-state index contributed by atoms with van der Waals surface area (Å²) in [6.07, 6.45) is 2.04. The van der Waals surface area contributed by atoms with E-state index in [1.165, 1.54) is 0 Å². The van der Waals surface area contributed by atoms with E-state index in [9.17, 15) is 9.59 Å². The Bertz CT molecular complexity index is 1280. The fourth-order valence-electron chi connectivity index (χ4n) is 4.45. The summed E-state index contributed by atoms with van der Waals surface area (Å²) < 4.78 is 7.47. The molecule has 0 aliphatic carbocycles. The molecule has 4 rings (SSSR count). The van der Waals surface area contributed by atoms with Gasteiger partial charge in [-0.05, 0) is 43.5 Å². The quantitative estimate of drug-likeness (QED) is 0.235. The second kappa shape index (κ2) is 10.6. The molecule has 0 unspecified atom stereocenters. The predicted molar refractivity (Wildman–Crippen MR) is 136 cm³/mol. The minimum absolute atomic E-state index is 0.223. The molecule has 9 heteroatoms. The van der Waals surface area contributed by atoms with Gasteiger partial charge in [-0.15, -0.1) is 0 Å². The molecule has 0 saturated carbocycles. The molecule has 0 bridgehead atoms. The van der Waals surface area contributed by atoms with Crippen LogP contribution >= 0.6 is 0 Å². The maximum absolute atomic E-state index is 13.4. The number of nitrogens with zero attached hydrogens (tertiary/aromatic N) is 3. The van der Waals surface area contributed by atoms with Gasteiger partial charge in [-0.3, -0.25) is 14.6 Å². The molecule has 0 saturated heterocycles. The monoisotopic (exact) mass is 476 g/mol. The molecule has 1 aliphatic rings. The maximum atomic E-state index is 13.4. The molecule has 35 heavy (non-hydrogen) atoms. The van der Waals surface area contributed by atoms with Gasteiger partial charge >= 0.3 is 0 Å². The molecule has 0 spiro atoms. The van der Waals surface area contributed by atoms with Crippen LogP contribution in [0.4, 0.5) is 0 Å². The van der Waals surface area contributed by atoms with Gasteiger partial charge in [0.2, 0.25) is 0 Å². The Morgan fingerprint density at radius 1 is 1.31 bits per heavy atom. The van der Waals surface area contributed by atoms with E-state index < -0.39 is 0 Å². The van der Waals surface area contributed by atoms with Crippen molar-refractivity contribution in [1.82, 2.24) is 20.2 Å². The lowest BCUT2D eigenvalue weighted by Gasteiger charge is -2.20. The van der Waals surface area contributed by atoms with Gasteiger partial charge < -0.3 is 25.7 Å². The summed E-state index contributed by atoms with van der Waals surface area (Å²) in [7, 11) is 1.62. The summed E-state index contributed by atoms with van der Waals surface area (Å²) in [6, 6.07) is 10.8. The fourth-order valence-corrected chi connectivity index (χ4v) is 4.45. The van der Waals surface area contributed by atoms with E-state index >= 15 is 0 Å². The lowest BCUT2D eigenvalue weighted by Crippen LogP contribution is -2.32. The van der Waals surface area contributed by atoms with Crippen molar-refractivity contribution in [3.63, 3.8) is 0 Å². The van der Waals surface area contributed by atoms with Gasteiger partial charge in [-0.2, -0.15) is 0 Å². The van der Waals surface area contributed by atoms with Gasteiger partial charge in [0, 0.05) is 32.1 Å². The molecule has 3 aromatic rings. The second-order valence-corrected chi connectivity index (χ2v) is 8.49. The number of carbonyl (C=O) groups excluding carboxylic acids is 2. The van der Waals surface area contributed by atoms with Crippen LogP contribution in [0.15, 0.2) is 41.4 Å². The van der Waals surface area contributed by atoms with Crippen molar-refractivity contribution >= 4 is 28.7 Å². The number of amidine groups is 1. The number of rotatable bonds is 10. The number of aliphatic imine (C=N–C) groups is 1. The summed E-state index contributed by atoms with van der Waals surface area (Å²) in [4.78, 5) is 35.1. The topological polar surface area (TPSA) is 124 Å². The number of nitrogens with two attached hydrogens (primary N) is 1. The first-order chi connectivity index (χ1) is 17.0. The molecule has 1 aromatic heterocycles. The Balaban J connectivity index is 1.68. The third-order valence-corrected chi connectivity index (χ3v) is 6.31. The van der Waals surface area contributed by atoms with Gasteiger partial charge in [0.05, 0.1) is 41.1 Å². The van der Waals surface area contributed by atoms with Crippen molar-refractivity contribution < 1.29 is 14.3 Å². The van der Waals surface area contributed by atoms with Crippen molar-refractivity contribution in [3.8, 4) is 5.75 Å². The normalized spacial score (nSPS) is 14.0. The summed E-state index contributed by atoms with van der Waals surface area (Å²) in [5, 5.41) is 5.95. The molecule has 2 heterocycles. The van der Waals surface area contributed by atoms with Gasteiger partial charge in [-0.1, -0.05) is 19.1 Å². The summed E-state index contributed by atoms with van der Waals surface area (Å²) >= 11 is 0. The number of hydrogen-bond donors (Lipinski definition) is 3. The first-order valence-corrected chi connectivity index (χ1v) is 12.0. The summed E-state index contributed by atoms with van der Waals surface area (Å²) in [6.45, 7) is 5.70. The second-order valence-electron chi connectivity index (χ2n) is 8.49. The fraction of sp³-hybridized carbons (Fsp3) is 0.385. The van der Waals surface area contributed by atoms with Gasteiger partial charge in [-0.25, -0.2) is 4.98 Å². The van der Waals surface area contributed by atoms with Crippen LogP contribution in [0.5, 0.6) is 5.75 Å². The highest BCUT2D eigenvalue weighted by atomic mass is 16.5. The third kappa shape index (κ3) is 4.99. The van der Waals surface area contributed by atoms with E-state index in [0.29, 0.717) is 49.4 Å². The molecular formula is C26H32N6O3. The van der Waals surface area contributed by atoms with Crippen molar-refractivity contribution in [2.75, 3.05) is 13.7 Å². The molecular weight excluding hydrogens is 444 g/mol. The van der Waals surface area contributed by atoms with E-state index in [2.05, 4.69) is 20.2 Å². The van der Waals surface area contributed by atoms with Crippen LogP contribution in [0, 0.1) is 0 Å². The van der Waals surface area contributed by atoms with Crippen LogP contribution in [0.25, 0.3) is 11.0 Å². The van der Waals surface area contributed by atoms with Gasteiger partial charge in [0.1, 0.15) is 11.6 Å². The number of nitrogens with one attached hydrogen (secondary N) is 2. The first kappa shape index (κ1) is 24.3. The molecule has 0 radical (unpaired) electrons. The predicted octanol–water partition coefficient (Wildman–Crippen LogP) is 3.33. The number of hydrogen-bond acceptors (Lipinski definition) is 5. The average molecular weight is 477 g/mol. The number of ether oxygens (including phenoxy) is 1. The van der Waals surface area contributed by atoms with Crippen molar-refractivity contribution in [2.24, 2.45) is 10.7 Å². The molecule has 4 N–H and O–H groups in total. The minimum atomic E-state index is -0.376. The van der Waals surface area contributed by atoms with E-state index in [-0.39, 0.29) is 17.9 Å². The Morgan fingerprint density at radius 2 is 2.14 bits per heavy atom. The first-order valence-electron chi connectivity index (χ1n) is 12.0. The Morgan fingerprint density at radius 3 is 2.89 bits per heavy atom. The highest BCUT2D eigenvalue weighted by molar-refractivity contribution is 6.09. The molecule has 1 atom stereocenters. The zero-order valence-corrected chi connectivity index (χ0v) is 20.4. The highest BCUT2D eigenvalue weighted by Gasteiger charge is 2.28. The largest absolute Gasteiger partial charge is 0.497 e. The smallest absolute Gasteiger partial charge is 0.252 e. The van der Waals surface area contributed by atoms with Gasteiger partial charge in [0.15, 0.2) is 0 Å². The third-order valence-electron chi connectivity index (χ3n) is 6.31. The number of carbonyl (C=O) groups is 2. The zero-order valence-electron chi connectivity index (χ0n) is 20.4. The molecule has 184 valence electrons. The van der Waals surface area contributed by atoms with E-state index in [4.69, 9.17) is 15.5 Å². The van der Waals surface area contributed by atoms with Crippen LogP contribution in [-0.2, 0) is 13.1 Å². The minimum Gasteiger partial charge on any atom is -0.497 e. The summed E-state index contributed by atoms with van der Waals surface area (Å²) in [5.41, 5.74) is 9.27. The number of amides is 2. The highest BCUT2D eigenvalue weighted by Crippen LogP contribution is 2.28. The molecule has 1 aliphatic heterocycles. The van der Waals surface area contributed by atoms with Crippen molar-refractivity contribution in [1.29, 1.82) is 0 Å².